The maximum atomic E-state index is 11.7. The summed E-state index contributed by atoms with van der Waals surface area (Å²) < 4.78 is 9.90. The molecule has 0 fully saturated rings. The van der Waals surface area contributed by atoms with Crippen LogP contribution < -0.4 is 0 Å². The molecule has 5 nitrogen and oxygen atoms in total. The van der Waals surface area contributed by atoms with Gasteiger partial charge in [0.25, 0.3) is 0 Å². The Morgan fingerprint density at radius 3 is 1.50 bits per heavy atom. The van der Waals surface area contributed by atoms with E-state index in [-0.39, 0.29) is 13.2 Å². The normalized spacial score (nSPS) is 10.3. The van der Waals surface area contributed by atoms with Crippen LogP contribution in [-0.4, -0.2) is 36.4 Å². The Kier molecular flexibility index (Phi) is 5.68. The summed E-state index contributed by atoms with van der Waals surface area (Å²) >= 11 is 0. The number of benzene rings is 2. The first-order valence-electron chi connectivity index (χ1n) is 6.79. The zero-order chi connectivity index (χ0) is 15.8. The highest BCUT2D eigenvalue weighted by Crippen LogP contribution is 2.04. The van der Waals surface area contributed by atoms with E-state index >= 15 is 0 Å². The Bertz CT molecular complexity index is 554. The number of rotatable bonds is 6. The second kappa shape index (κ2) is 7.95. The van der Waals surface area contributed by atoms with Gasteiger partial charge in [0, 0.05) is 0 Å². The lowest BCUT2D eigenvalue weighted by atomic mass is 10.2. The van der Waals surface area contributed by atoms with Gasteiger partial charge in [0.1, 0.15) is 19.3 Å². The first kappa shape index (κ1) is 15.7. The Morgan fingerprint density at radius 1 is 0.773 bits per heavy atom. The summed E-state index contributed by atoms with van der Waals surface area (Å²) in [6.07, 6.45) is -1.07. The molecular weight excluding hydrogens is 284 g/mol. The van der Waals surface area contributed by atoms with E-state index in [1.807, 2.05) is 0 Å². The van der Waals surface area contributed by atoms with Crippen molar-refractivity contribution in [3.8, 4) is 0 Å². The zero-order valence-corrected chi connectivity index (χ0v) is 11.8. The molecule has 0 unspecified atom stereocenters. The van der Waals surface area contributed by atoms with Crippen LogP contribution >= 0.6 is 0 Å². The minimum atomic E-state index is -1.07. The molecule has 0 aliphatic carbocycles. The number of aliphatic hydroxyl groups excluding tert-OH is 1. The summed E-state index contributed by atoms with van der Waals surface area (Å²) in [5.74, 6) is -1.07. The van der Waals surface area contributed by atoms with Crippen LogP contribution in [0.5, 0.6) is 0 Å². The van der Waals surface area contributed by atoms with Crippen molar-refractivity contribution in [2.45, 2.75) is 6.10 Å². The van der Waals surface area contributed by atoms with E-state index in [1.165, 1.54) is 0 Å². The fraction of sp³-hybridized carbons (Fsp3) is 0.176. The molecule has 0 saturated carbocycles. The molecule has 22 heavy (non-hydrogen) atoms. The van der Waals surface area contributed by atoms with Crippen LogP contribution in [0.25, 0.3) is 0 Å². The molecule has 1 N–H and O–H groups in total. The third kappa shape index (κ3) is 4.71. The minimum absolute atomic E-state index is 0.240. The van der Waals surface area contributed by atoms with E-state index in [1.54, 1.807) is 60.7 Å². The van der Waals surface area contributed by atoms with Crippen LogP contribution in [0, 0.1) is 0 Å². The summed E-state index contributed by atoms with van der Waals surface area (Å²) in [5.41, 5.74) is 0.798. The van der Waals surface area contributed by atoms with Crippen molar-refractivity contribution >= 4 is 11.9 Å². The van der Waals surface area contributed by atoms with Crippen molar-refractivity contribution in [2.75, 3.05) is 13.2 Å². The third-order valence-corrected chi connectivity index (χ3v) is 2.83. The van der Waals surface area contributed by atoms with Crippen LogP contribution in [0.1, 0.15) is 20.7 Å². The zero-order valence-electron chi connectivity index (χ0n) is 11.8. The van der Waals surface area contributed by atoms with Gasteiger partial charge in [0.2, 0.25) is 0 Å². The van der Waals surface area contributed by atoms with Gasteiger partial charge in [-0.3, -0.25) is 0 Å². The molecule has 0 aliphatic rings. The Morgan fingerprint density at radius 2 is 1.14 bits per heavy atom. The fourth-order valence-corrected chi connectivity index (χ4v) is 1.71. The van der Waals surface area contributed by atoms with Crippen molar-refractivity contribution < 1.29 is 24.2 Å². The molecule has 0 spiro atoms. The molecule has 0 aliphatic heterocycles. The molecule has 0 aromatic heterocycles. The predicted octanol–water partition coefficient (Wildman–Crippen LogP) is 2.06. The van der Waals surface area contributed by atoms with Crippen LogP contribution in [0.15, 0.2) is 60.7 Å². The topological polar surface area (TPSA) is 72.8 Å². The molecule has 2 aromatic rings. The average Bonchev–Trinajstić information content (AvgIpc) is 2.59. The van der Waals surface area contributed by atoms with Gasteiger partial charge in [0.15, 0.2) is 0 Å². The fourth-order valence-electron chi connectivity index (χ4n) is 1.71. The molecule has 0 atom stereocenters. The quantitative estimate of drug-likeness (QED) is 0.827. The summed E-state index contributed by atoms with van der Waals surface area (Å²) in [6, 6.07) is 16.9. The van der Waals surface area contributed by atoms with Crippen molar-refractivity contribution in [1.29, 1.82) is 0 Å². The van der Waals surface area contributed by atoms with Crippen LogP contribution in [-0.2, 0) is 9.47 Å². The Balaban J connectivity index is 1.73. The van der Waals surface area contributed by atoms with Crippen molar-refractivity contribution in [1.82, 2.24) is 0 Å². The standard InChI is InChI=1S/C17H16O5/c18-15(11-21-16(19)13-7-3-1-4-8-13)12-22-17(20)14-9-5-2-6-10-14/h1-10,15,18H,11-12H2. The lowest BCUT2D eigenvalue weighted by molar-refractivity contribution is -0.00469. The molecule has 5 heteroatoms. The first-order valence-corrected chi connectivity index (χ1v) is 6.79. The molecular formula is C17H16O5. The van der Waals surface area contributed by atoms with Gasteiger partial charge in [-0.15, -0.1) is 0 Å². The number of carbonyl (C=O) groups excluding carboxylic acids is 2. The molecule has 2 aromatic carbocycles. The predicted molar refractivity (Wildman–Crippen MR) is 79.5 cm³/mol. The van der Waals surface area contributed by atoms with Crippen LogP contribution in [0.3, 0.4) is 0 Å². The highest BCUT2D eigenvalue weighted by molar-refractivity contribution is 5.89. The van der Waals surface area contributed by atoms with Crippen molar-refractivity contribution in [3.63, 3.8) is 0 Å². The van der Waals surface area contributed by atoms with E-state index in [9.17, 15) is 14.7 Å². The maximum absolute atomic E-state index is 11.7. The van der Waals surface area contributed by atoms with Crippen LogP contribution in [0.2, 0.25) is 0 Å². The third-order valence-electron chi connectivity index (χ3n) is 2.83. The number of hydrogen-bond donors (Lipinski definition) is 1. The van der Waals surface area contributed by atoms with E-state index in [0.29, 0.717) is 11.1 Å². The highest BCUT2D eigenvalue weighted by atomic mass is 16.6. The number of hydrogen-bond acceptors (Lipinski definition) is 5. The summed E-state index contributed by atoms with van der Waals surface area (Å²) in [4.78, 5) is 23.3. The monoisotopic (exact) mass is 300 g/mol. The Hall–Kier alpha value is -2.66. The van der Waals surface area contributed by atoms with Gasteiger partial charge in [-0.25, -0.2) is 9.59 Å². The van der Waals surface area contributed by atoms with E-state index in [2.05, 4.69) is 0 Å². The van der Waals surface area contributed by atoms with Gasteiger partial charge in [-0.05, 0) is 24.3 Å². The Labute approximate surface area is 128 Å². The minimum Gasteiger partial charge on any atom is -0.459 e. The van der Waals surface area contributed by atoms with E-state index in [4.69, 9.17) is 9.47 Å². The molecule has 114 valence electrons. The molecule has 2 rings (SSSR count). The molecule has 0 bridgehead atoms. The lowest BCUT2D eigenvalue weighted by Crippen LogP contribution is -2.25. The molecule has 0 amide bonds. The van der Waals surface area contributed by atoms with E-state index in [0.717, 1.165) is 0 Å². The second-order valence-corrected chi connectivity index (χ2v) is 4.58. The highest BCUT2D eigenvalue weighted by Gasteiger charge is 2.13. The average molecular weight is 300 g/mol. The van der Waals surface area contributed by atoms with Crippen molar-refractivity contribution in [2.24, 2.45) is 0 Å². The number of aliphatic hydroxyl groups is 1. The maximum Gasteiger partial charge on any atom is 0.338 e. The van der Waals surface area contributed by atoms with Gasteiger partial charge in [0.05, 0.1) is 11.1 Å². The number of carbonyl (C=O) groups is 2. The van der Waals surface area contributed by atoms with Gasteiger partial charge in [-0.2, -0.15) is 0 Å². The summed E-state index contributed by atoms with van der Waals surface area (Å²) in [7, 11) is 0. The smallest absolute Gasteiger partial charge is 0.338 e. The summed E-state index contributed by atoms with van der Waals surface area (Å²) in [6.45, 7) is -0.481. The van der Waals surface area contributed by atoms with Gasteiger partial charge < -0.3 is 14.6 Å². The largest absolute Gasteiger partial charge is 0.459 e. The lowest BCUT2D eigenvalue weighted by Gasteiger charge is -2.12. The SMILES string of the molecule is O=C(OCC(O)COC(=O)c1ccccc1)c1ccccc1. The van der Waals surface area contributed by atoms with Gasteiger partial charge >= 0.3 is 11.9 Å². The first-order chi connectivity index (χ1) is 10.7. The van der Waals surface area contributed by atoms with Crippen LogP contribution in [0.4, 0.5) is 0 Å². The molecule has 0 heterocycles. The van der Waals surface area contributed by atoms with Crippen molar-refractivity contribution in [3.05, 3.63) is 71.8 Å². The van der Waals surface area contributed by atoms with Gasteiger partial charge in [-0.1, -0.05) is 36.4 Å². The number of ether oxygens (including phenoxy) is 2. The number of esters is 2. The summed E-state index contributed by atoms with van der Waals surface area (Å²) in [5, 5.41) is 9.69. The molecule has 0 saturated heterocycles. The second-order valence-electron chi connectivity index (χ2n) is 4.58. The van der Waals surface area contributed by atoms with E-state index < -0.39 is 18.0 Å². The molecule has 0 radical (unpaired) electrons.